The quantitative estimate of drug-likeness (QED) is 0.669. The molecule has 1 aromatic carbocycles. The Balaban J connectivity index is 1.76. The predicted molar refractivity (Wildman–Crippen MR) is 99.9 cm³/mol. The van der Waals surface area contributed by atoms with Gasteiger partial charge in [-0.05, 0) is 59.5 Å². The minimum Gasteiger partial charge on any atom is -0.480 e. The molecule has 0 saturated carbocycles. The lowest BCUT2D eigenvalue weighted by Gasteiger charge is -2.30. The second-order valence-corrected chi connectivity index (χ2v) is 7.49. The first-order valence-corrected chi connectivity index (χ1v) is 9.15. The van der Waals surface area contributed by atoms with Crippen LogP contribution in [0.2, 0.25) is 5.02 Å². The monoisotopic (exact) mass is 444 g/mol. The summed E-state index contributed by atoms with van der Waals surface area (Å²) in [6.45, 7) is 3.91. The average molecular weight is 445 g/mol. The number of amides is 1. The lowest BCUT2D eigenvalue weighted by atomic mass is 9.99. The van der Waals surface area contributed by atoms with Gasteiger partial charge in [0.1, 0.15) is 5.52 Å². The minimum absolute atomic E-state index is 0.0340. The summed E-state index contributed by atoms with van der Waals surface area (Å²) in [5, 5.41) is 1.48. The van der Waals surface area contributed by atoms with E-state index in [1.165, 1.54) is 0 Å². The standard InChI is InChI=1S/C17H18ClIN2O2/c1-11-4-7-21(8-5-11)15(22)10-23-17-14(19)9-13(18)12-3-2-6-20-16(12)17/h2-3,6,9,11H,4-5,7-8,10H2,1H3. The highest BCUT2D eigenvalue weighted by atomic mass is 127. The zero-order valence-electron chi connectivity index (χ0n) is 12.9. The molecule has 1 aliphatic rings. The van der Waals surface area contributed by atoms with Crippen molar-refractivity contribution in [3.8, 4) is 5.75 Å². The third kappa shape index (κ3) is 3.71. The molecule has 0 aliphatic carbocycles. The fourth-order valence-electron chi connectivity index (χ4n) is 2.77. The zero-order valence-corrected chi connectivity index (χ0v) is 15.8. The van der Waals surface area contributed by atoms with Gasteiger partial charge in [-0.2, -0.15) is 0 Å². The van der Waals surface area contributed by atoms with Gasteiger partial charge in [0.2, 0.25) is 0 Å². The first-order chi connectivity index (χ1) is 11.1. The Kier molecular flexibility index (Phi) is 5.26. The molecule has 2 heterocycles. The number of nitrogens with zero attached hydrogens (tertiary/aromatic N) is 2. The van der Waals surface area contributed by atoms with E-state index in [0.717, 1.165) is 34.9 Å². The lowest BCUT2D eigenvalue weighted by molar-refractivity contribution is -0.134. The summed E-state index contributed by atoms with van der Waals surface area (Å²) in [6, 6.07) is 5.58. The topological polar surface area (TPSA) is 42.4 Å². The number of likely N-dealkylation sites (tertiary alicyclic amines) is 1. The molecular formula is C17H18ClIN2O2. The Morgan fingerprint density at radius 3 is 2.96 bits per heavy atom. The molecule has 0 atom stereocenters. The fourth-order valence-corrected chi connectivity index (χ4v) is 3.94. The molecular weight excluding hydrogens is 427 g/mol. The number of rotatable bonds is 3. The maximum atomic E-state index is 12.3. The van der Waals surface area contributed by atoms with Crippen molar-refractivity contribution in [3.05, 3.63) is 33.0 Å². The van der Waals surface area contributed by atoms with Gasteiger partial charge in [0, 0.05) is 24.7 Å². The van der Waals surface area contributed by atoms with Crippen LogP contribution in [0, 0.1) is 9.49 Å². The maximum Gasteiger partial charge on any atom is 0.260 e. The van der Waals surface area contributed by atoms with Crippen LogP contribution in [0.4, 0.5) is 0 Å². The molecule has 2 aromatic rings. The van der Waals surface area contributed by atoms with Crippen LogP contribution in [0.25, 0.3) is 10.9 Å². The summed E-state index contributed by atoms with van der Waals surface area (Å²) in [5.74, 6) is 1.36. The molecule has 1 saturated heterocycles. The van der Waals surface area contributed by atoms with E-state index in [-0.39, 0.29) is 12.5 Å². The van der Waals surface area contributed by atoms with Gasteiger partial charge in [0.15, 0.2) is 12.4 Å². The molecule has 0 radical (unpaired) electrons. The summed E-state index contributed by atoms with van der Waals surface area (Å²) in [7, 11) is 0. The number of hydrogen-bond donors (Lipinski definition) is 0. The van der Waals surface area contributed by atoms with Gasteiger partial charge >= 0.3 is 0 Å². The van der Waals surface area contributed by atoms with Crippen molar-refractivity contribution < 1.29 is 9.53 Å². The number of aromatic nitrogens is 1. The Hall–Kier alpha value is -1.08. The molecule has 1 aliphatic heterocycles. The first kappa shape index (κ1) is 16.8. The largest absolute Gasteiger partial charge is 0.480 e. The second-order valence-electron chi connectivity index (χ2n) is 5.92. The Bertz CT molecular complexity index is 730. The van der Waals surface area contributed by atoms with Gasteiger partial charge in [-0.3, -0.25) is 9.78 Å². The van der Waals surface area contributed by atoms with Crippen LogP contribution < -0.4 is 4.74 Å². The summed E-state index contributed by atoms with van der Waals surface area (Å²) >= 11 is 8.42. The molecule has 0 bridgehead atoms. The van der Waals surface area contributed by atoms with E-state index in [2.05, 4.69) is 34.5 Å². The number of benzene rings is 1. The van der Waals surface area contributed by atoms with Gasteiger partial charge < -0.3 is 9.64 Å². The van der Waals surface area contributed by atoms with Gasteiger partial charge in [0.05, 0.1) is 8.59 Å². The molecule has 23 heavy (non-hydrogen) atoms. The molecule has 4 nitrogen and oxygen atoms in total. The number of halogens is 2. The first-order valence-electron chi connectivity index (χ1n) is 7.69. The van der Waals surface area contributed by atoms with Gasteiger partial charge in [-0.1, -0.05) is 18.5 Å². The predicted octanol–water partition coefficient (Wildman–Crippen LogP) is 4.13. The van der Waals surface area contributed by atoms with Crippen LogP contribution in [0.1, 0.15) is 19.8 Å². The molecule has 1 fully saturated rings. The number of fused-ring (bicyclic) bond motifs is 1. The zero-order chi connectivity index (χ0) is 16.4. The molecule has 1 aromatic heterocycles. The van der Waals surface area contributed by atoms with Gasteiger partial charge in [0.25, 0.3) is 5.91 Å². The summed E-state index contributed by atoms with van der Waals surface area (Å²) < 4.78 is 6.69. The van der Waals surface area contributed by atoms with Crippen molar-refractivity contribution in [1.29, 1.82) is 0 Å². The summed E-state index contributed by atoms with van der Waals surface area (Å²) in [6.07, 6.45) is 3.83. The van der Waals surface area contributed by atoms with Crippen LogP contribution in [0.3, 0.4) is 0 Å². The molecule has 3 rings (SSSR count). The maximum absolute atomic E-state index is 12.3. The third-order valence-electron chi connectivity index (χ3n) is 4.23. The van der Waals surface area contributed by atoms with Crippen LogP contribution in [0.5, 0.6) is 5.75 Å². The average Bonchev–Trinajstić information content (AvgIpc) is 2.55. The minimum atomic E-state index is 0.0340. The number of carbonyl (C=O) groups excluding carboxylic acids is 1. The van der Waals surface area contributed by atoms with Crippen molar-refractivity contribution in [1.82, 2.24) is 9.88 Å². The molecule has 0 N–H and O–H groups in total. The van der Waals surface area contributed by atoms with E-state index in [9.17, 15) is 4.79 Å². The van der Waals surface area contributed by atoms with Gasteiger partial charge in [-0.15, -0.1) is 0 Å². The summed E-state index contributed by atoms with van der Waals surface area (Å²) in [5.41, 5.74) is 0.699. The highest BCUT2D eigenvalue weighted by Gasteiger charge is 2.21. The lowest BCUT2D eigenvalue weighted by Crippen LogP contribution is -2.40. The third-order valence-corrected chi connectivity index (χ3v) is 5.34. The van der Waals surface area contributed by atoms with Crippen LogP contribution in [0.15, 0.2) is 24.4 Å². The van der Waals surface area contributed by atoms with Crippen molar-refractivity contribution in [2.75, 3.05) is 19.7 Å². The highest BCUT2D eigenvalue weighted by Crippen LogP contribution is 2.34. The summed E-state index contributed by atoms with van der Waals surface area (Å²) in [4.78, 5) is 18.6. The van der Waals surface area contributed by atoms with Crippen molar-refractivity contribution in [2.24, 2.45) is 5.92 Å². The van der Waals surface area contributed by atoms with E-state index in [0.29, 0.717) is 22.2 Å². The van der Waals surface area contributed by atoms with E-state index in [1.54, 1.807) is 6.20 Å². The van der Waals surface area contributed by atoms with E-state index in [1.807, 2.05) is 23.1 Å². The second kappa shape index (κ2) is 7.21. The van der Waals surface area contributed by atoms with Crippen LogP contribution in [-0.2, 0) is 4.79 Å². The van der Waals surface area contributed by atoms with E-state index in [4.69, 9.17) is 16.3 Å². The SMILES string of the molecule is CC1CCN(C(=O)COc2c(I)cc(Cl)c3cccnc23)CC1. The van der Waals surface area contributed by atoms with Crippen molar-refractivity contribution in [2.45, 2.75) is 19.8 Å². The Labute approximate surface area is 154 Å². The number of piperidine rings is 1. The van der Waals surface area contributed by atoms with E-state index < -0.39 is 0 Å². The Morgan fingerprint density at radius 2 is 2.22 bits per heavy atom. The fraction of sp³-hybridized carbons (Fsp3) is 0.412. The van der Waals surface area contributed by atoms with Crippen LogP contribution >= 0.6 is 34.2 Å². The normalized spacial score (nSPS) is 15.9. The Morgan fingerprint density at radius 1 is 1.48 bits per heavy atom. The number of carbonyl (C=O) groups is 1. The molecule has 0 spiro atoms. The number of hydrogen-bond acceptors (Lipinski definition) is 3. The highest BCUT2D eigenvalue weighted by molar-refractivity contribution is 14.1. The van der Waals surface area contributed by atoms with Crippen LogP contribution in [-0.4, -0.2) is 35.5 Å². The molecule has 0 unspecified atom stereocenters. The van der Waals surface area contributed by atoms with E-state index >= 15 is 0 Å². The smallest absolute Gasteiger partial charge is 0.260 e. The van der Waals surface area contributed by atoms with Crippen molar-refractivity contribution in [3.63, 3.8) is 0 Å². The van der Waals surface area contributed by atoms with Gasteiger partial charge in [-0.25, -0.2) is 0 Å². The van der Waals surface area contributed by atoms with Crippen molar-refractivity contribution >= 4 is 51.0 Å². The molecule has 6 heteroatoms. The number of ether oxygens (including phenoxy) is 1. The molecule has 1 amide bonds. The number of pyridine rings is 1. The molecule has 122 valence electrons.